The van der Waals surface area contributed by atoms with Crippen molar-refractivity contribution in [3.8, 4) is 0 Å². The molecule has 0 bridgehead atoms. The maximum Gasteiger partial charge on any atom is 0.310 e. The molecule has 0 radical (unpaired) electrons. The number of para-hydroxylation sites is 2. The van der Waals surface area contributed by atoms with Crippen LogP contribution in [0, 0.1) is 5.92 Å². The Hall–Kier alpha value is -2.70. The van der Waals surface area contributed by atoms with Crippen molar-refractivity contribution in [3.05, 3.63) is 36.4 Å². The van der Waals surface area contributed by atoms with Crippen molar-refractivity contribution in [2.24, 2.45) is 5.92 Å². The molecule has 1 unspecified atom stereocenters. The average molecular weight is 404 g/mol. The summed E-state index contributed by atoms with van der Waals surface area (Å²) in [6.45, 7) is 2.21. The first-order chi connectivity index (χ1) is 14.0. The van der Waals surface area contributed by atoms with Crippen LogP contribution >= 0.6 is 0 Å². The SMILES string of the molecule is CCCCCCCCCCC=CC(CC(=O)O)C(=O)O.c1ccc2n[nH]nc2c1. The number of unbranched alkanes of at least 4 members (excludes halogenated alkanes) is 8. The van der Waals surface area contributed by atoms with E-state index in [1.54, 1.807) is 6.08 Å². The molecule has 29 heavy (non-hydrogen) atoms. The number of fused-ring (bicyclic) bond motifs is 1. The second-order valence-electron chi connectivity index (χ2n) is 7.05. The van der Waals surface area contributed by atoms with Crippen molar-refractivity contribution in [2.45, 2.75) is 71.1 Å². The molecular weight excluding hydrogens is 370 g/mol. The van der Waals surface area contributed by atoms with E-state index in [-0.39, 0.29) is 6.42 Å². The van der Waals surface area contributed by atoms with E-state index in [0.29, 0.717) is 0 Å². The molecule has 0 fully saturated rings. The van der Waals surface area contributed by atoms with E-state index in [4.69, 9.17) is 10.2 Å². The Morgan fingerprint density at radius 2 is 1.52 bits per heavy atom. The van der Waals surface area contributed by atoms with Gasteiger partial charge in [0, 0.05) is 0 Å². The lowest BCUT2D eigenvalue weighted by Gasteiger charge is -2.03. The predicted molar refractivity (Wildman–Crippen MR) is 114 cm³/mol. The van der Waals surface area contributed by atoms with Gasteiger partial charge >= 0.3 is 11.9 Å². The number of allylic oxidation sites excluding steroid dienone is 1. The summed E-state index contributed by atoms with van der Waals surface area (Å²) in [5.41, 5.74) is 1.83. The zero-order valence-electron chi connectivity index (χ0n) is 17.2. The van der Waals surface area contributed by atoms with E-state index >= 15 is 0 Å². The zero-order valence-corrected chi connectivity index (χ0v) is 17.2. The minimum absolute atomic E-state index is 0.344. The van der Waals surface area contributed by atoms with Gasteiger partial charge in [-0.3, -0.25) is 9.59 Å². The summed E-state index contributed by atoms with van der Waals surface area (Å²) in [5.74, 6) is -3.05. The zero-order chi connectivity index (χ0) is 21.3. The lowest BCUT2D eigenvalue weighted by Crippen LogP contribution is -2.15. The van der Waals surface area contributed by atoms with E-state index in [1.807, 2.05) is 24.3 Å². The minimum atomic E-state index is -1.07. The molecule has 0 aliphatic carbocycles. The van der Waals surface area contributed by atoms with Gasteiger partial charge in [0.25, 0.3) is 0 Å². The summed E-state index contributed by atoms with van der Waals surface area (Å²) < 4.78 is 0. The fraction of sp³-hybridized carbons (Fsp3) is 0.545. The summed E-state index contributed by atoms with van der Waals surface area (Å²) in [6, 6.07) is 7.70. The van der Waals surface area contributed by atoms with Crippen LogP contribution in [-0.4, -0.2) is 37.6 Å². The van der Waals surface area contributed by atoms with Gasteiger partial charge in [0.2, 0.25) is 0 Å². The Morgan fingerprint density at radius 1 is 0.966 bits per heavy atom. The van der Waals surface area contributed by atoms with Crippen LogP contribution in [0.1, 0.15) is 71.1 Å². The Morgan fingerprint density at radius 3 is 2.03 bits per heavy atom. The average Bonchev–Trinajstić information content (AvgIpc) is 3.17. The van der Waals surface area contributed by atoms with Crippen LogP contribution in [-0.2, 0) is 9.59 Å². The summed E-state index contributed by atoms with van der Waals surface area (Å²) in [6.07, 6.45) is 13.7. The number of aliphatic carboxylic acids is 2. The van der Waals surface area contributed by atoms with Gasteiger partial charge < -0.3 is 10.2 Å². The quantitative estimate of drug-likeness (QED) is 0.312. The molecule has 1 aromatic carbocycles. The number of aromatic nitrogens is 3. The van der Waals surface area contributed by atoms with Gasteiger partial charge in [-0.25, -0.2) is 0 Å². The van der Waals surface area contributed by atoms with Crippen molar-refractivity contribution in [1.29, 1.82) is 0 Å². The van der Waals surface area contributed by atoms with Gasteiger partial charge in [0.1, 0.15) is 11.0 Å². The summed E-state index contributed by atoms with van der Waals surface area (Å²) in [5, 5.41) is 27.8. The molecule has 0 aliphatic heterocycles. The minimum Gasteiger partial charge on any atom is -0.481 e. The molecule has 0 amide bonds. The first kappa shape index (κ1) is 24.3. The van der Waals surface area contributed by atoms with E-state index in [0.717, 1.165) is 30.3 Å². The maximum atomic E-state index is 10.8. The number of H-pyrrole nitrogens is 1. The Bertz CT molecular complexity index is 712. The first-order valence-electron chi connectivity index (χ1n) is 10.4. The summed E-state index contributed by atoms with van der Waals surface area (Å²) >= 11 is 0. The molecule has 1 atom stereocenters. The van der Waals surface area contributed by atoms with Gasteiger partial charge in [-0.05, 0) is 25.0 Å². The van der Waals surface area contributed by atoms with Crippen LogP contribution in [0.2, 0.25) is 0 Å². The van der Waals surface area contributed by atoms with Gasteiger partial charge in [-0.15, -0.1) is 0 Å². The van der Waals surface area contributed by atoms with Gasteiger partial charge in [0.05, 0.1) is 12.3 Å². The molecule has 2 aromatic rings. The van der Waals surface area contributed by atoms with Crippen molar-refractivity contribution in [1.82, 2.24) is 15.4 Å². The number of aromatic amines is 1. The highest BCUT2D eigenvalue weighted by molar-refractivity contribution is 5.79. The van der Waals surface area contributed by atoms with Crippen molar-refractivity contribution < 1.29 is 19.8 Å². The van der Waals surface area contributed by atoms with E-state index < -0.39 is 17.9 Å². The third kappa shape index (κ3) is 11.7. The van der Waals surface area contributed by atoms with E-state index in [1.165, 1.54) is 44.6 Å². The van der Waals surface area contributed by atoms with Gasteiger partial charge in [-0.2, -0.15) is 15.4 Å². The second-order valence-corrected chi connectivity index (χ2v) is 7.05. The molecule has 0 saturated heterocycles. The number of nitrogens with one attached hydrogen (secondary N) is 1. The highest BCUT2D eigenvalue weighted by atomic mass is 16.4. The molecule has 2 rings (SSSR count). The molecule has 1 aromatic heterocycles. The van der Waals surface area contributed by atoms with Crippen LogP contribution in [0.4, 0.5) is 0 Å². The van der Waals surface area contributed by atoms with Crippen molar-refractivity contribution in [3.63, 3.8) is 0 Å². The number of hydrogen-bond donors (Lipinski definition) is 3. The Kier molecular flexibility index (Phi) is 12.8. The monoisotopic (exact) mass is 403 g/mol. The van der Waals surface area contributed by atoms with Crippen LogP contribution in [0.5, 0.6) is 0 Å². The summed E-state index contributed by atoms with van der Waals surface area (Å²) in [7, 11) is 0. The van der Waals surface area contributed by atoms with E-state index in [9.17, 15) is 9.59 Å². The number of hydrogen-bond acceptors (Lipinski definition) is 4. The fourth-order valence-electron chi connectivity index (χ4n) is 2.87. The fourth-order valence-corrected chi connectivity index (χ4v) is 2.87. The predicted octanol–water partition coefficient (Wildman–Crippen LogP) is 5.21. The molecule has 0 spiro atoms. The molecular formula is C22H33N3O4. The smallest absolute Gasteiger partial charge is 0.310 e. The van der Waals surface area contributed by atoms with Crippen molar-refractivity contribution in [2.75, 3.05) is 0 Å². The highest BCUT2D eigenvalue weighted by Gasteiger charge is 2.17. The third-order valence-corrected chi connectivity index (χ3v) is 4.53. The lowest BCUT2D eigenvalue weighted by molar-refractivity contribution is -0.146. The molecule has 160 valence electrons. The van der Waals surface area contributed by atoms with E-state index in [2.05, 4.69) is 22.3 Å². The molecule has 1 heterocycles. The maximum absolute atomic E-state index is 10.8. The second kappa shape index (κ2) is 15.2. The summed E-state index contributed by atoms with van der Waals surface area (Å²) in [4.78, 5) is 21.3. The normalized spacial score (nSPS) is 11.9. The highest BCUT2D eigenvalue weighted by Crippen LogP contribution is 2.11. The molecule has 0 saturated carbocycles. The van der Waals surface area contributed by atoms with Crippen LogP contribution in [0.25, 0.3) is 11.0 Å². The topological polar surface area (TPSA) is 116 Å². The number of carboxylic acid groups (broad SMARTS) is 2. The van der Waals surface area contributed by atoms with Crippen LogP contribution < -0.4 is 0 Å². The van der Waals surface area contributed by atoms with Gasteiger partial charge in [-0.1, -0.05) is 76.2 Å². The molecule has 7 heteroatoms. The largest absolute Gasteiger partial charge is 0.481 e. The lowest BCUT2D eigenvalue weighted by atomic mass is 10.0. The van der Waals surface area contributed by atoms with Gasteiger partial charge in [0.15, 0.2) is 0 Å². The number of carboxylic acids is 2. The molecule has 7 nitrogen and oxygen atoms in total. The third-order valence-electron chi connectivity index (χ3n) is 4.53. The standard InChI is InChI=1S/C16H28O4.C6H5N3/c1-2-3-4-5-6-7-8-9-10-11-12-14(16(19)20)13-15(17)18;1-2-4-6-5(3-1)7-9-8-6/h11-12,14H,2-10,13H2,1H3,(H,17,18)(H,19,20);1-4H,(H,7,8,9). The number of nitrogens with zero attached hydrogens (tertiary/aromatic N) is 2. The number of carbonyl (C=O) groups is 2. The van der Waals surface area contributed by atoms with Crippen molar-refractivity contribution >= 4 is 23.0 Å². The Balaban J connectivity index is 0.000000379. The number of rotatable bonds is 13. The first-order valence-corrected chi connectivity index (χ1v) is 10.4. The number of benzene rings is 1. The van der Waals surface area contributed by atoms with Crippen LogP contribution in [0.15, 0.2) is 36.4 Å². The molecule has 0 aliphatic rings. The van der Waals surface area contributed by atoms with Crippen LogP contribution in [0.3, 0.4) is 0 Å². The molecule has 3 N–H and O–H groups in total. The Labute approximate surface area is 172 Å².